The van der Waals surface area contributed by atoms with E-state index in [1.54, 1.807) is 36.4 Å². The lowest BCUT2D eigenvalue weighted by molar-refractivity contribution is 0.256. The molecule has 7 heteroatoms. The molecule has 0 aliphatic carbocycles. The highest BCUT2D eigenvalue weighted by Crippen LogP contribution is 2.33. The molecule has 20 heavy (non-hydrogen) atoms. The zero-order chi connectivity index (χ0) is 14.9. The maximum atomic E-state index is 11.7. The Hall–Kier alpha value is -1.13. The van der Waals surface area contributed by atoms with Crippen LogP contribution in [0.25, 0.3) is 0 Å². The van der Waals surface area contributed by atoms with Crippen LogP contribution in [0.15, 0.2) is 36.4 Å². The second-order valence-corrected chi connectivity index (χ2v) is 5.67. The van der Waals surface area contributed by atoms with E-state index in [9.17, 15) is 4.79 Å². The molecule has 0 saturated carbocycles. The van der Waals surface area contributed by atoms with E-state index in [0.29, 0.717) is 31.5 Å². The quantitative estimate of drug-likeness (QED) is 0.762. The third-order valence-corrected chi connectivity index (χ3v) is 3.30. The molecular formula is C13H8Cl4N2O. The van der Waals surface area contributed by atoms with E-state index >= 15 is 0 Å². The molecule has 0 bridgehead atoms. The third-order valence-electron chi connectivity index (χ3n) is 2.43. The SMILES string of the molecule is NC(=O)N(c1cc(Cl)cc(Cl)c1)c1cc(Cl)cc(Cl)c1. The Morgan fingerprint density at radius 3 is 1.30 bits per heavy atom. The van der Waals surface area contributed by atoms with Crippen LogP contribution < -0.4 is 10.6 Å². The molecule has 104 valence electrons. The number of halogens is 4. The number of primary amides is 1. The molecule has 0 aromatic heterocycles. The van der Waals surface area contributed by atoms with E-state index in [0.717, 1.165) is 0 Å². The second-order valence-electron chi connectivity index (χ2n) is 3.93. The van der Waals surface area contributed by atoms with Gasteiger partial charge in [-0.2, -0.15) is 0 Å². The molecule has 2 aromatic carbocycles. The fraction of sp³-hybridized carbons (Fsp3) is 0. The summed E-state index contributed by atoms with van der Waals surface area (Å²) in [7, 11) is 0. The number of nitrogens with zero attached hydrogens (tertiary/aromatic N) is 1. The highest BCUT2D eigenvalue weighted by Gasteiger charge is 2.17. The fourth-order valence-corrected chi connectivity index (χ4v) is 2.77. The molecule has 0 aliphatic heterocycles. The first kappa shape index (κ1) is 15.3. The van der Waals surface area contributed by atoms with E-state index in [1.807, 2.05) is 0 Å². The van der Waals surface area contributed by atoms with Crippen molar-refractivity contribution in [3.05, 3.63) is 56.5 Å². The Morgan fingerprint density at radius 2 is 1.05 bits per heavy atom. The summed E-state index contributed by atoms with van der Waals surface area (Å²) in [6, 6.07) is 8.65. The van der Waals surface area contributed by atoms with E-state index in [4.69, 9.17) is 52.1 Å². The number of carbonyl (C=O) groups excluding carboxylic acids is 1. The molecule has 0 saturated heterocycles. The van der Waals surface area contributed by atoms with E-state index in [2.05, 4.69) is 0 Å². The van der Waals surface area contributed by atoms with Crippen molar-refractivity contribution in [2.75, 3.05) is 4.90 Å². The minimum absolute atomic E-state index is 0.381. The van der Waals surface area contributed by atoms with Crippen LogP contribution in [0.2, 0.25) is 20.1 Å². The van der Waals surface area contributed by atoms with Gasteiger partial charge in [-0.15, -0.1) is 0 Å². The fourth-order valence-electron chi connectivity index (χ4n) is 1.74. The highest BCUT2D eigenvalue weighted by molar-refractivity contribution is 6.36. The van der Waals surface area contributed by atoms with Crippen molar-refractivity contribution >= 4 is 63.8 Å². The normalized spacial score (nSPS) is 10.4. The predicted octanol–water partition coefficient (Wildman–Crippen LogP) is 5.52. The molecule has 2 aromatic rings. The Balaban J connectivity index is 2.59. The van der Waals surface area contributed by atoms with E-state index in [-0.39, 0.29) is 0 Å². The first-order valence-electron chi connectivity index (χ1n) is 5.38. The van der Waals surface area contributed by atoms with Gasteiger partial charge in [-0.25, -0.2) is 4.79 Å². The zero-order valence-electron chi connectivity index (χ0n) is 9.91. The van der Waals surface area contributed by atoms with Gasteiger partial charge < -0.3 is 5.73 Å². The lowest BCUT2D eigenvalue weighted by Crippen LogP contribution is -2.31. The van der Waals surface area contributed by atoms with Gasteiger partial charge in [-0.3, -0.25) is 4.90 Å². The van der Waals surface area contributed by atoms with Gasteiger partial charge >= 0.3 is 6.03 Å². The average molecular weight is 350 g/mol. The Kier molecular flexibility index (Phi) is 4.66. The minimum Gasteiger partial charge on any atom is -0.351 e. The van der Waals surface area contributed by atoms with Crippen molar-refractivity contribution in [3.8, 4) is 0 Å². The van der Waals surface area contributed by atoms with Crippen LogP contribution in [-0.2, 0) is 0 Å². The van der Waals surface area contributed by atoms with Gasteiger partial charge in [0.1, 0.15) is 0 Å². The Morgan fingerprint density at radius 1 is 0.750 bits per heavy atom. The molecule has 0 radical (unpaired) electrons. The smallest absolute Gasteiger partial charge is 0.323 e. The van der Waals surface area contributed by atoms with Crippen LogP contribution in [0.3, 0.4) is 0 Å². The van der Waals surface area contributed by atoms with Gasteiger partial charge in [-0.05, 0) is 36.4 Å². The zero-order valence-corrected chi connectivity index (χ0v) is 12.9. The number of nitrogens with two attached hydrogens (primary N) is 1. The van der Waals surface area contributed by atoms with Crippen LogP contribution in [0.4, 0.5) is 16.2 Å². The number of amides is 2. The first-order valence-corrected chi connectivity index (χ1v) is 6.90. The number of rotatable bonds is 2. The van der Waals surface area contributed by atoms with Crippen LogP contribution in [0.1, 0.15) is 0 Å². The molecule has 0 heterocycles. The maximum Gasteiger partial charge on any atom is 0.323 e. The molecule has 0 atom stereocenters. The molecular weight excluding hydrogens is 342 g/mol. The first-order chi connectivity index (χ1) is 9.36. The van der Waals surface area contributed by atoms with Crippen LogP contribution in [0.5, 0.6) is 0 Å². The summed E-state index contributed by atoms with van der Waals surface area (Å²) in [4.78, 5) is 12.9. The van der Waals surface area contributed by atoms with Gasteiger partial charge in [0.05, 0.1) is 11.4 Å². The number of hydrogen-bond donors (Lipinski definition) is 1. The number of urea groups is 1. The van der Waals surface area contributed by atoms with Crippen molar-refractivity contribution in [3.63, 3.8) is 0 Å². The summed E-state index contributed by atoms with van der Waals surface area (Å²) >= 11 is 23.7. The lowest BCUT2D eigenvalue weighted by atomic mass is 10.2. The summed E-state index contributed by atoms with van der Waals surface area (Å²) in [5, 5.41) is 1.53. The number of benzene rings is 2. The summed E-state index contributed by atoms with van der Waals surface area (Å²) in [6.45, 7) is 0. The minimum atomic E-state index is -0.707. The molecule has 0 aliphatic rings. The standard InChI is InChI=1S/C13H8Cl4N2O/c14-7-1-8(15)4-11(3-7)19(13(18)20)12-5-9(16)2-10(17)6-12/h1-6H,(H2,18,20). The van der Waals surface area contributed by atoms with Crippen LogP contribution >= 0.6 is 46.4 Å². The molecule has 2 rings (SSSR count). The predicted molar refractivity (Wildman–Crippen MR) is 84.6 cm³/mol. The summed E-state index contributed by atoms with van der Waals surface area (Å²) < 4.78 is 0. The molecule has 2 N–H and O–H groups in total. The molecule has 0 fully saturated rings. The van der Waals surface area contributed by atoms with Crippen molar-refractivity contribution in [2.45, 2.75) is 0 Å². The summed E-state index contributed by atoms with van der Waals surface area (Å²) in [6.07, 6.45) is 0. The maximum absolute atomic E-state index is 11.7. The van der Waals surface area contributed by atoms with Gasteiger partial charge in [0.2, 0.25) is 0 Å². The van der Waals surface area contributed by atoms with E-state index < -0.39 is 6.03 Å². The summed E-state index contributed by atoms with van der Waals surface area (Å²) in [5.74, 6) is 0. The van der Waals surface area contributed by atoms with Gasteiger partial charge in [-0.1, -0.05) is 46.4 Å². The summed E-state index contributed by atoms with van der Waals surface area (Å²) in [5.41, 5.74) is 6.26. The van der Waals surface area contributed by atoms with Crippen molar-refractivity contribution < 1.29 is 4.79 Å². The van der Waals surface area contributed by atoms with Crippen LogP contribution in [0, 0.1) is 0 Å². The number of anilines is 2. The van der Waals surface area contributed by atoms with E-state index in [1.165, 1.54) is 4.90 Å². The average Bonchev–Trinajstić information content (AvgIpc) is 2.25. The Bertz CT molecular complexity index is 583. The van der Waals surface area contributed by atoms with Crippen molar-refractivity contribution in [1.82, 2.24) is 0 Å². The van der Waals surface area contributed by atoms with Crippen molar-refractivity contribution in [1.29, 1.82) is 0 Å². The molecule has 2 amide bonds. The second kappa shape index (κ2) is 6.10. The molecule has 0 spiro atoms. The van der Waals surface area contributed by atoms with Gasteiger partial charge in [0.25, 0.3) is 0 Å². The number of carbonyl (C=O) groups is 1. The van der Waals surface area contributed by atoms with Crippen molar-refractivity contribution in [2.24, 2.45) is 5.73 Å². The van der Waals surface area contributed by atoms with Crippen LogP contribution in [-0.4, -0.2) is 6.03 Å². The monoisotopic (exact) mass is 348 g/mol. The number of hydrogen-bond acceptors (Lipinski definition) is 1. The lowest BCUT2D eigenvalue weighted by Gasteiger charge is -2.21. The topological polar surface area (TPSA) is 46.3 Å². The van der Waals surface area contributed by atoms with Gasteiger partial charge in [0.15, 0.2) is 0 Å². The third kappa shape index (κ3) is 3.49. The Labute approximate surface area is 135 Å². The molecule has 0 unspecified atom stereocenters. The van der Waals surface area contributed by atoms with Gasteiger partial charge in [0, 0.05) is 20.1 Å². The molecule has 3 nitrogen and oxygen atoms in total. The highest BCUT2D eigenvalue weighted by atomic mass is 35.5. The largest absolute Gasteiger partial charge is 0.351 e.